The molecular weight excluding hydrogens is 286 g/mol. The molecule has 3 aromatic rings. The van der Waals surface area contributed by atoms with Gasteiger partial charge in [0.15, 0.2) is 0 Å². The molecule has 0 fully saturated rings. The molecule has 0 radical (unpaired) electrons. The van der Waals surface area contributed by atoms with Crippen molar-refractivity contribution >= 4 is 28.6 Å². The number of carbonyl (C=O) groups excluding carboxylic acids is 1. The van der Waals surface area contributed by atoms with E-state index in [1.807, 2.05) is 59.3 Å². The molecule has 0 saturated carbocycles. The smallest absolute Gasteiger partial charge is 0.262 e. The summed E-state index contributed by atoms with van der Waals surface area (Å²) in [5.41, 5.74) is 2.08. The van der Waals surface area contributed by atoms with Gasteiger partial charge < -0.3 is 5.32 Å². The Kier molecular flexibility index (Phi) is 3.95. The highest BCUT2D eigenvalue weighted by atomic mass is 32.1. The molecule has 0 unspecified atom stereocenters. The summed E-state index contributed by atoms with van der Waals surface area (Å²) in [4.78, 5) is 14.2. The predicted octanol–water partition coefficient (Wildman–Crippen LogP) is 4.41. The van der Waals surface area contributed by atoms with Crippen molar-refractivity contribution < 1.29 is 4.79 Å². The molecule has 2 nitrogen and oxygen atoms in total. The highest BCUT2D eigenvalue weighted by Crippen LogP contribution is 2.28. The van der Waals surface area contributed by atoms with Gasteiger partial charge in [0, 0.05) is 10.4 Å². The summed E-state index contributed by atoms with van der Waals surface area (Å²) in [6.07, 6.45) is 0. The van der Waals surface area contributed by atoms with E-state index in [0.717, 1.165) is 20.9 Å². The zero-order valence-corrected chi connectivity index (χ0v) is 12.3. The molecule has 0 aliphatic carbocycles. The first-order valence-corrected chi connectivity index (χ1v) is 8.04. The normalized spacial score (nSPS) is 10.4. The summed E-state index contributed by atoms with van der Waals surface area (Å²) in [6.45, 7) is 0.586. The van der Waals surface area contributed by atoms with Crippen molar-refractivity contribution in [3.63, 3.8) is 0 Å². The van der Waals surface area contributed by atoms with E-state index in [4.69, 9.17) is 0 Å². The number of thiophene rings is 2. The van der Waals surface area contributed by atoms with E-state index in [9.17, 15) is 4.79 Å². The fourth-order valence-electron chi connectivity index (χ4n) is 1.99. The van der Waals surface area contributed by atoms with Crippen molar-refractivity contribution in [2.45, 2.75) is 6.54 Å². The van der Waals surface area contributed by atoms with Gasteiger partial charge in [0.1, 0.15) is 0 Å². The van der Waals surface area contributed by atoms with Crippen molar-refractivity contribution in [3.8, 4) is 11.1 Å². The van der Waals surface area contributed by atoms with Crippen LogP contribution in [0.25, 0.3) is 11.1 Å². The van der Waals surface area contributed by atoms with Crippen molar-refractivity contribution in [2.24, 2.45) is 0 Å². The molecule has 100 valence electrons. The SMILES string of the molecule is O=C(NCc1cccs1)c1sccc1-c1ccccc1. The van der Waals surface area contributed by atoms with Gasteiger partial charge in [0.05, 0.1) is 11.4 Å². The summed E-state index contributed by atoms with van der Waals surface area (Å²) in [6, 6.07) is 16.0. The Morgan fingerprint density at radius 2 is 1.80 bits per heavy atom. The lowest BCUT2D eigenvalue weighted by Gasteiger charge is -2.05. The summed E-state index contributed by atoms with van der Waals surface area (Å²) in [7, 11) is 0. The fraction of sp³-hybridized carbons (Fsp3) is 0.0625. The number of rotatable bonds is 4. The quantitative estimate of drug-likeness (QED) is 0.760. The number of hydrogen-bond donors (Lipinski definition) is 1. The minimum absolute atomic E-state index is 0.00717. The number of carbonyl (C=O) groups is 1. The van der Waals surface area contributed by atoms with Crippen LogP contribution < -0.4 is 5.32 Å². The monoisotopic (exact) mass is 299 g/mol. The Morgan fingerprint density at radius 3 is 2.55 bits per heavy atom. The van der Waals surface area contributed by atoms with Crippen molar-refractivity contribution in [1.82, 2.24) is 5.32 Å². The Labute approximate surface area is 125 Å². The second kappa shape index (κ2) is 6.03. The van der Waals surface area contributed by atoms with Gasteiger partial charge in [-0.3, -0.25) is 4.79 Å². The molecule has 1 amide bonds. The van der Waals surface area contributed by atoms with Gasteiger partial charge in [-0.05, 0) is 28.5 Å². The number of benzene rings is 1. The average molecular weight is 299 g/mol. The molecular formula is C16H13NOS2. The minimum Gasteiger partial charge on any atom is -0.346 e. The first kappa shape index (κ1) is 13.1. The van der Waals surface area contributed by atoms with E-state index < -0.39 is 0 Å². The molecule has 1 N–H and O–H groups in total. The standard InChI is InChI=1S/C16H13NOS2/c18-16(17-11-13-7-4-9-19-13)15-14(8-10-20-15)12-5-2-1-3-6-12/h1-10H,11H2,(H,17,18). The van der Waals surface area contributed by atoms with Crippen LogP contribution in [0.5, 0.6) is 0 Å². The predicted molar refractivity (Wildman–Crippen MR) is 85.2 cm³/mol. The van der Waals surface area contributed by atoms with Crippen LogP contribution in [0, 0.1) is 0 Å². The second-order valence-electron chi connectivity index (χ2n) is 4.29. The molecule has 0 atom stereocenters. The van der Waals surface area contributed by atoms with Crippen LogP contribution in [0.4, 0.5) is 0 Å². The van der Waals surface area contributed by atoms with E-state index in [0.29, 0.717) is 6.54 Å². The summed E-state index contributed by atoms with van der Waals surface area (Å²) in [5.74, 6) is -0.00717. The van der Waals surface area contributed by atoms with Gasteiger partial charge in [-0.2, -0.15) is 0 Å². The molecule has 4 heteroatoms. The lowest BCUT2D eigenvalue weighted by molar-refractivity contribution is 0.0956. The first-order chi connectivity index (χ1) is 9.84. The molecule has 3 rings (SSSR count). The Balaban J connectivity index is 1.77. The van der Waals surface area contributed by atoms with Crippen LogP contribution in [-0.2, 0) is 6.54 Å². The van der Waals surface area contributed by atoms with E-state index in [2.05, 4.69) is 5.32 Å². The summed E-state index contributed by atoms with van der Waals surface area (Å²) in [5, 5.41) is 6.96. The van der Waals surface area contributed by atoms with Gasteiger partial charge >= 0.3 is 0 Å². The van der Waals surface area contributed by atoms with Gasteiger partial charge in [-0.15, -0.1) is 22.7 Å². The molecule has 0 bridgehead atoms. The van der Waals surface area contributed by atoms with E-state index in [-0.39, 0.29) is 5.91 Å². The zero-order chi connectivity index (χ0) is 13.8. The Bertz CT molecular complexity index is 686. The second-order valence-corrected chi connectivity index (χ2v) is 6.24. The van der Waals surface area contributed by atoms with Gasteiger partial charge in [0.2, 0.25) is 0 Å². The zero-order valence-electron chi connectivity index (χ0n) is 10.7. The average Bonchev–Trinajstić information content (AvgIpc) is 3.17. The van der Waals surface area contributed by atoms with Gasteiger partial charge in [-0.1, -0.05) is 36.4 Å². The topological polar surface area (TPSA) is 29.1 Å². The first-order valence-electron chi connectivity index (χ1n) is 6.28. The molecule has 0 saturated heterocycles. The third-order valence-corrected chi connectivity index (χ3v) is 4.75. The lowest BCUT2D eigenvalue weighted by Crippen LogP contribution is -2.21. The maximum absolute atomic E-state index is 12.3. The third-order valence-electron chi connectivity index (χ3n) is 2.96. The van der Waals surface area contributed by atoms with Crippen molar-refractivity contribution in [3.05, 3.63) is 69.0 Å². The highest BCUT2D eigenvalue weighted by molar-refractivity contribution is 7.12. The minimum atomic E-state index is -0.00717. The van der Waals surface area contributed by atoms with Crippen molar-refractivity contribution in [2.75, 3.05) is 0 Å². The van der Waals surface area contributed by atoms with Gasteiger partial charge in [-0.25, -0.2) is 0 Å². The van der Waals surface area contributed by atoms with Crippen LogP contribution >= 0.6 is 22.7 Å². The lowest BCUT2D eigenvalue weighted by atomic mass is 10.1. The summed E-state index contributed by atoms with van der Waals surface area (Å²) < 4.78 is 0. The molecule has 0 spiro atoms. The highest BCUT2D eigenvalue weighted by Gasteiger charge is 2.14. The van der Waals surface area contributed by atoms with Crippen LogP contribution in [-0.4, -0.2) is 5.91 Å². The molecule has 20 heavy (non-hydrogen) atoms. The summed E-state index contributed by atoms with van der Waals surface area (Å²) >= 11 is 3.13. The Morgan fingerprint density at radius 1 is 0.950 bits per heavy atom. The maximum Gasteiger partial charge on any atom is 0.262 e. The van der Waals surface area contributed by atoms with E-state index in [1.165, 1.54) is 11.3 Å². The fourth-order valence-corrected chi connectivity index (χ4v) is 3.47. The van der Waals surface area contributed by atoms with Crippen LogP contribution in [0.2, 0.25) is 0 Å². The van der Waals surface area contributed by atoms with Crippen LogP contribution in [0.1, 0.15) is 14.5 Å². The molecule has 0 aliphatic heterocycles. The Hall–Kier alpha value is -1.91. The van der Waals surface area contributed by atoms with Crippen molar-refractivity contribution in [1.29, 1.82) is 0 Å². The van der Waals surface area contributed by atoms with E-state index in [1.54, 1.807) is 11.3 Å². The third kappa shape index (κ3) is 2.81. The molecule has 1 aromatic carbocycles. The number of nitrogens with one attached hydrogen (secondary N) is 1. The number of hydrogen-bond acceptors (Lipinski definition) is 3. The molecule has 0 aliphatic rings. The molecule has 2 aromatic heterocycles. The maximum atomic E-state index is 12.3. The van der Waals surface area contributed by atoms with Crippen LogP contribution in [0.15, 0.2) is 59.3 Å². The largest absolute Gasteiger partial charge is 0.346 e. The van der Waals surface area contributed by atoms with Gasteiger partial charge in [0.25, 0.3) is 5.91 Å². The van der Waals surface area contributed by atoms with E-state index >= 15 is 0 Å². The molecule has 2 heterocycles. The van der Waals surface area contributed by atoms with Crippen LogP contribution in [0.3, 0.4) is 0 Å². The number of amides is 1.